The van der Waals surface area contributed by atoms with E-state index in [2.05, 4.69) is 84.0 Å². The zero-order valence-electron chi connectivity index (χ0n) is 16.2. The molecule has 0 bridgehead atoms. The fraction of sp³-hybridized carbons (Fsp3) is 0.478. The molecule has 3 nitrogen and oxygen atoms in total. The van der Waals surface area contributed by atoms with Crippen LogP contribution in [0.3, 0.4) is 0 Å². The summed E-state index contributed by atoms with van der Waals surface area (Å²) in [5, 5.41) is 7.01. The van der Waals surface area contributed by atoms with Gasteiger partial charge >= 0.3 is 0 Å². The molecule has 1 aliphatic heterocycles. The quantitative estimate of drug-likeness (QED) is 0.723. The van der Waals surface area contributed by atoms with Crippen molar-refractivity contribution in [2.45, 2.75) is 39.3 Å². The second kappa shape index (κ2) is 9.75. The van der Waals surface area contributed by atoms with E-state index < -0.39 is 0 Å². The minimum Gasteiger partial charge on any atom is -0.381 e. The lowest BCUT2D eigenvalue weighted by molar-refractivity contribution is 0.160. The maximum atomic E-state index is 3.53. The van der Waals surface area contributed by atoms with E-state index in [1.165, 1.54) is 29.7 Å². The number of piperazine rings is 1. The Labute approximate surface area is 158 Å². The maximum absolute atomic E-state index is 3.53. The van der Waals surface area contributed by atoms with Gasteiger partial charge in [0.25, 0.3) is 0 Å². The van der Waals surface area contributed by atoms with Crippen molar-refractivity contribution in [3.05, 3.63) is 65.7 Å². The van der Waals surface area contributed by atoms with Crippen molar-refractivity contribution >= 4 is 5.69 Å². The number of nitrogens with one attached hydrogen (secondary N) is 2. The zero-order valence-corrected chi connectivity index (χ0v) is 16.2. The van der Waals surface area contributed by atoms with E-state index in [0.29, 0.717) is 6.04 Å². The van der Waals surface area contributed by atoms with E-state index in [1.807, 2.05) is 0 Å². The monoisotopic (exact) mass is 351 g/mol. The number of nitrogens with zero attached hydrogens (tertiary/aromatic N) is 1. The first-order valence-corrected chi connectivity index (χ1v) is 10.0. The number of hydrogen-bond donors (Lipinski definition) is 2. The molecule has 0 amide bonds. The van der Waals surface area contributed by atoms with E-state index >= 15 is 0 Å². The molecule has 1 atom stereocenters. The number of anilines is 1. The van der Waals surface area contributed by atoms with Gasteiger partial charge in [0, 0.05) is 44.5 Å². The van der Waals surface area contributed by atoms with Gasteiger partial charge in [-0.15, -0.1) is 0 Å². The summed E-state index contributed by atoms with van der Waals surface area (Å²) in [4.78, 5) is 2.66. The fourth-order valence-electron chi connectivity index (χ4n) is 3.67. The van der Waals surface area contributed by atoms with Gasteiger partial charge in [-0.1, -0.05) is 56.3 Å². The lowest BCUT2D eigenvalue weighted by atomic mass is 9.95. The van der Waals surface area contributed by atoms with Gasteiger partial charge in [-0.05, 0) is 42.0 Å². The average Bonchev–Trinajstić information content (AvgIpc) is 2.69. The number of benzene rings is 2. The summed E-state index contributed by atoms with van der Waals surface area (Å²) in [6.45, 7) is 10.0. The molecule has 1 heterocycles. The predicted octanol–water partition coefficient (Wildman–Crippen LogP) is 4.68. The molecule has 2 aromatic rings. The summed E-state index contributed by atoms with van der Waals surface area (Å²) in [6.07, 6.45) is 2.52. The summed E-state index contributed by atoms with van der Waals surface area (Å²) in [6, 6.07) is 20.2. The number of hydrogen-bond acceptors (Lipinski definition) is 3. The third kappa shape index (κ3) is 5.58. The molecule has 0 aromatic heterocycles. The first kappa shape index (κ1) is 18.9. The molecule has 2 aromatic carbocycles. The van der Waals surface area contributed by atoms with Crippen molar-refractivity contribution in [1.29, 1.82) is 0 Å². The maximum Gasteiger partial charge on any atom is 0.0400 e. The topological polar surface area (TPSA) is 27.3 Å². The summed E-state index contributed by atoms with van der Waals surface area (Å²) in [5.41, 5.74) is 3.96. The van der Waals surface area contributed by atoms with Crippen molar-refractivity contribution in [1.82, 2.24) is 10.2 Å². The second-order valence-corrected chi connectivity index (χ2v) is 7.73. The van der Waals surface area contributed by atoms with Crippen molar-refractivity contribution in [2.75, 3.05) is 31.5 Å². The molecule has 0 spiro atoms. The van der Waals surface area contributed by atoms with Crippen molar-refractivity contribution in [3.63, 3.8) is 0 Å². The fourth-order valence-corrected chi connectivity index (χ4v) is 3.67. The Kier molecular flexibility index (Phi) is 7.10. The van der Waals surface area contributed by atoms with Gasteiger partial charge in [-0.3, -0.25) is 4.90 Å². The van der Waals surface area contributed by atoms with Crippen molar-refractivity contribution in [2.24, 2.45) is 5.92 Å². The van der Waals surface area contributed by atoms with E-state index in [0.717, 1.165) is 38.6 Å². The Morgan fingerprint density at radius 3 is 2.27 bits per heavy atom. The van der Waals surface area contributed by atoms with E-state index in [-0.39, 0.29) is 0 Å². The third-order valence-electron chi connectivity index (χ3n) is 5.24. The molecule has 0 aliphatic carbocycles. The Bertz CT molecular complexity index is 630. The van der Waals surface area contributed by atoms with Crippen LogP contribution in [0.1, 0.15) is 43.9 Å². The molecule has 0 saturated carbocycles. The first-order valence-electron chi connectivity index (χ1n) is 10.0. The van der Waals surface area contributed by atoms with Gasteiger partial charge in [-0.2, -0.15) is 0 Å². The summed E-state index contributed by atoms with van der Waals surface area (Å²) in [5.74, 6) is 0.757. The van der Waals surface area contributed by atoms with E-state index in [4.69, 9.17) is 0 Å². The molecule has 3 heteroatoms. The van der Waals surface area contributed by atoms with Crippen LogP contribution in [-0.2, 0) is 6.54 Å². The van der Waals surface area contributed by atoms with Gasteiger partial charge in [-0.25, -0.2) is 0 Å². The average molecular weight is 352 g/mol. The molecular weight excluding hydrogens is 318 g/mol. The molecule has 140 valence electrons. The smallest absolute Gasteiger partial charge is 0.0400 e. The molecule has 0 radical (unpaired) electrons. The summed E-state index contributed by atoms with van der Waals surface area (Å²) < 4.78 is 0. The molecule has 1 saturated heterocycles. The molecular formula is C23H33N3. The highest BCUT2D eigenvalue weighted by atomic mass is 15.2. The van der Waals surface area contributed by atoms with Gasteiger partial charge in [0.05, 0.1) is 0 Å². The lowest BCUT2D eigenvalue weighted by Crippen LogP contribution is -2.45. The molecule has 26 heavy (non-hydrogen) atoms. The van der Waals surface area contributed by atoms with Crippen molar-refractivity contribution in [3.8, 4) is 0 Å². The van der Waals surface area contributed by atoms with Crippen LogP contribution < -0.4 is 10.6 Å². The van der Waals surface area contributed by atoms with Crippen LogP contribution in [0.15, 0.2) is 54.6 Å². The minimum atomic E-state index is 0.544. The van der Waals surface area contributed by atoms with Crippen LogP contribution in [0.4, 0.5) is 5.69 Å². The van der Waals surface area contributed by atoms with Crippen LogP contribution in [0.25, 0.3) is 0 Å². The Balaban J connectivity index is 1.64. The van der Waals surface area contributed by atoms with Crippen LogP contribution in [0.2, 0.25) is 0 Å². The summed E-state index contributed by atoms with van der Waals surface area (Å²) >= 11 is 0. The van der Waals surface area contributed by atoms with Crippen molar-refractivity contribution < 1.29 is 0 Å². The highest BCUT2D eigenvalue weighted by molar-refractivity contribution is 5.45. The SMILES string of the molecule is CC(C)CC[C@@H](c1ccc(NCc2ccccc2)cc1)N1CCNCC1. The molecule has 0 unspecified atom stereocenters. The van der Waals surface area contributed by atoms with Gasteiger partial charge in [0.15, 0.2) is 0 Å². The molecule has 2 N–H and O–H groups in total. The molecule has 3 rings (SSSR count). The van der Waals surface area contributed by atoms with Gasteiger partial charge in [0.1, 0.15) is 0 Å². The molecule has 1 aliphatic rings. The van der Waals surface area contributed by atoms with Crippen LogP contribution >= 0.6 is 0 Å². The van der Waals surface area contributed by atoms with Crippen LogP contribution in [0, 0.1) is 5.92 Å². The third-order valence-corrected chi connectivity index (χ3v) is 5.24. The number of rotatable bonds is 8. The van der Waals surface area contributed by atoms with Gasteiger partial charge in [0.2, 0.25) is 0 Å². The van der Waals surface area contributed by atoms with Crippen LogP contribution in [0.5, 0.6) is 0 Å². The predicted molar refractivity (Wildman–Crippen MR) is 111 cm³/mol. The van der Waals surface area contributed by atoms with E-state index in [9.17, 15) is 0 Å². The normalized spacial score (nSPS) is 16.6. The van der Waals surface area contributed by atoms with E-state index in [1.54, 1.807) is 0 Å². The minimum absolute atomic E-state index is 0.544. The Morgan fingerprint density at radius 1 is 0.923 bits per heavy atom. The standard InChI is InChI=1S/C23H33N3/c1-19(2)8-13-23(26-16-14-24-15-17-26)21-9-11-22(12-10-21)25-18-20-6-4-3-5-7-20/h3-7,9-12,19,23-25H,8,13-18H2,1-2H3/t23-/m0/s1. The second-order valence-electron chi connectivity index (χ2n) is 7.73. The highest BCUT2D eigenvalue weighted by Gasteiger charge is 2.22. The Hall–Kier alpha value is -1.84. The summed E-state index contributed by atoms with van der Waals surface area (Å²) in [7, 11) is 0. The van der Waals surface area contributed by atoms with Crippen LogP contribution in [-0.4, -0.2) is 31.1 Å². The first-order chi connectivity index (χ1) is 12.7. The molecule has 1 fully saturated rings. The Morgan fingerprint density at radius 2 is 1.62 bits per heavy atom. The largest absolute Gasteiger partial charge is 0.381 e. The van der Waals surface area contributed by atoms with Gasteiger partial charge < -0.3 is 10.6 Å². The zero-order chi connectivity index (χ0) is 18.2. The lowest BCUT2D eigenvalue weighted by Gasteiger charge is -2.35. The highest BCUT2D eigenvalue weighted by Crippen LogP contribution is 2.28.